The molecule has 1 amide bonds. The summed E-state index contributed by atoms with van der Waals surface area (Å²) in [7, 11) is 0. The Kier molecular flexibility index (Phi) is 5.76. The average molecular weight is 273 g/mol. The Balaban J connectivity index is 2.54. The number of carboxylic acids is 1. The molecule has 0 aliphatic heterocycles. The number of hydrogen-bond acceptors (Lipinski definition) is 2. The highest BCUT2D eigenvalue weighted by Gasteiger charge is 2.42. The fourth-order valence-electron chi connectivity index (χ4n) is 2.43. The molecule has 0 spiro atoms. The molecule has 1 rings (SSSR count). The van der Waals surface area contributed by atoms with Crippen LogP contribution in [-0.4, -0.2) is 29.2 Å². The van der Waals surface area contributed by atoms with Crippen molar-refractivity contribution in [3.05, 3.63) is 0 Å². The Labute approximate surface area is 113 Å². The molecule has 1 unspecified atom stereocenters. The number of alkyl halides is 1. The zero-order valence-corrected chi connectivity index (χ0v) is 11.7. The van der Waals surface area contributed by atoms with E-state index in [4.69, 9.17) is 5.11 Å². The van der Waals surface area contributed by atoms with E-state index in [0.29, 0.717) is 0 Å². The van der Waals surface area contributed by atoms with Gasteiger partial charge in [-0.25, -0.2) is 9.18 Å². The molecule has 110 valence electrons. The molecular formula is C14H24FNO3. The Hall–Kier alpha value is -1.13. The van der Waals surface area contributed by atoms with Gasteiger partial charge in [0.05, 0.1) is 6.54 Å². The van der Waals surface area contributed by atoms with Gasteiger partial charge in [-0.1, -0.05) is 39.5 Å². The molecule has 0 bridgehead atoms. The largest absolute Gasteiger partial charge is 0.479 e. The van der Waals surface area contributed by atoms with E-state index in [1.54, 1.807) is 0 Å². The second kappa shape index (κ2) is 6.87. The quantitative estimate of drug-likeness (QED) is 0.756. The molecular weight excluding hydrogens is 249 g/mol. The standard InChI is InChI=1S/C14H24FNO3/c1-10(2)14(15,13(18)19)9-16-12(17)11-7-5-3-4-6-8-11/h10-11H,3-9H2,1-2H3,(H,16,17)(H,18,19). The van der Waals surface area contributed by atoms with Crippen LogP contribution in [0.4, 0.5) is 4.39 Å². The van der Waals surface area contributed by atoms with Gasteiger partial charge in [0, 0.05) is 11.8 Å². The van der Waals surface area contributed by atoms with Gasteiger partial charge in [0.2, 0.25) is 11.6 Å². The van der Waals surface area contributed by atoms with Gasteiger partial charge < -0.3 is 10.4 Å². The van der Waals surface area contributed by atoms with Gasteiger partial charge in [-0.15, -0.1) is 0 Å². The van der Waals surface area contributed by atoms with E-state index in [0.717, 1.165) is 38.5 Å². The maximum atomic E-state index is 14.2. The zero-order chi connectivity index (χ0) is 14.5. The molecule has 0 aromatic heterocycles. The predicted octanol–water partition coefficient (Wildman–Crippen LogP) is 2.52. The number of nitrogens with one attached hydrogen (secondary N) is 1. The molecule has 0 heterocycles. The second-order valence-electron chi connectivity index (χ2n) is 5.73. The molecule has 0 radical (unpaired) electrons. The minimum Gasteiger partial charge on any atom is -0.479 e. The van der Waals surface area contributed by atoms with Crippen LogP contribution in [0, 0.1) is 11.8 Å². The lowest BCUT2D eigenvalue weighted by Gasteiger charge is -2.26. The van der Waals surface area contributed by atoms with Crippen LogP contribution in [0.3, 0.4) is 0 Å². The molecule has 19 heavy (non-hydrogen) atoms. The normalized spacial score (nSPS) is 20.6. The van der Waals surface area contributed by atoms with Crippen LogP contribution in [0.2, 0.25) is 0 Å². The number of rotatable bonds is 5. The monoisotopic (exact) mass is 273 g/mol. The number of hydrogen-bond donors (Lipinski definition) is 2. The Morgan fingerprint density at radius 2 is 1.79 bits per heavy atom. The van der Waals surface area contributed by atoms with Crippen molar-refractivity contribution < 1.29 is 19.1 Å². The fraction of sp³-hybridized carbons (Fsp3) is 0.857. The zero-order valence-electron chi connectivity index (χ0n) is 11.7. The highest BCUT2D eigenvalue weighted by Crippen LogP contribution is 2.25. The van der Waals surface area contributed by atoms with Gasteiger partial charge in [0.1, 0.15) is 0 Å². The molecule has 1 saturated carbocycles. The van der Waals surface area contributed by atoms with Crippen molar-refractivity contribution in [2.75, 3.05) is 6.54 Å². The summed E-state index contributed by atoms with van der Waals surface area (Å²) in [5, 5.41) is 11.4. The first-order valence-corrected chi connectivity index (χ1v) is 7.08. The van der Waals surface area contributed by atoms with Crippen LogP contribution in [0.15, 0.2) is 0 Å². The maximum Gasteiger partial charge on any atom is 0.343 e. The number of carbonyl (C=O) groups is 2. The van der Waals surface area contributed by atoms with Crippen molar-refractivity contribution >= 4 is 11.9 Å². The summed E-state index contributed by atoms with van der Waals surface area (Å²) >= 11 is 0. The minimum absolute atomic E-state index is 0.0901. The van der Waals surface area contributed by atoms with Crippen LogP contribution in [-0.2, 0) is 9.59 Å². The van der Waals surface area contributed by atoms with E-state index in [1.165, 1.54) is 13.8 Å². The lowest BCUT2D eigenvalue weighted by atomic mass is 9.91. The molecule has 0 aromatic carbocycles. The summed E-state index contributed by atoms with van der Waals surface area (Å²) < 4.78 is 14.2. The number of amides is 1. The molecule has 1 aliphatic carbocycles. The molecule has 1 atom stereocenters. The first-order valence-electron chi connectivity index (χ1n) is 7.08. The van der Waals surface area contributed by atoms with Crippen molar-refractivity contribution in [1.29, 1.82) is 0 Å². The maximum absolute atomic E-state index is 14.2. The van der Waals surface area contributed by atoms with Gasteiger partial charge in [-0.05, 0) is 12.8 Å². The number of carboxylic acid groups (broad SMARTS) is 1. The van der Waals surface area contributed by atoms with Crippen molar-refractivity contribution in [2.45, 2.75) is 58.0 Å². The van der Waals surface area contributed by atoms with E-state index in [9.17, 15) is 14.0 Å². The average Bonchev–Trinajstić information content (AvgIpc) is 2.63. The molecule has 2 N–H and O–H groups in total. The molecule has 0 aromatic rings. The molecule has 4 nitrogen and oxygen atoms in total. The molecule has 5 heteroatoms. The third-order valence-corrected chi connectivity index (χ3v) is 4.02. The molecule has 1 fully saturated rings. The third kappa shape index (κ3) is 4.18. The topological polar surface area (TPSA) is 66.4 Å². The predicted molar refractivity (Wildman–Crippen MR) is 70.5 cm³/mol. The summed E-state index contributed by atoms with van der Waals surface area (Å²) in [5.74, 6) is -2.48. The van der Waals surface area contributed by atoms with Crippen LogP contribution in [0.5, 0.6) is 0 Å². The lowest BCUT2D eigenvalue weighted by molar-refractivity contribution is -0.154. The smallest absolute Gasteiger partial charge is 0.343 e. The van der Waals surface area contributed by atoms with Gasteiger partial charge in [0.25, 0.3) is 0 Å². The number of aliphatic carboxylic acids is 1. The van der Waals surface area contributed by atoms with E-state index in [-0.39, 0.29) is 11.8 Å². The van der Waals surface area contributed by atoms with Crippen LogP contribution >= 0.6 is 0 Å². The van der Waals surface area contributed by atoms with Crippen molar-refractivity contribution in [3.63, 3.8) is 0 Å². The summed E-state index contributed by atoms with van der Waals surface area (Å²) in [6.45, 7) is 2.56. The Morgan fingerprint density at radius 1 is 1.26 bits per heavy atom. The summed E-state index contributed by atoms with van der Waals surface area (Å²) in [6.07, 6.45) is 5.94. The Morgan fingerprint density at radius 3 is 2.21 bits per heavy atom. The Bertz CT molecular complexity index is 325. The van der Waals surface area contributed by atoms with E-state index in [1.807, 2.05) is 0 Å². The van der Waals surface area contributed by atoms with Gasteiger partial charge >= 0.3 is 5.97 Å². The SMILES string of the molecule is CC(C)C(F)(CNC(=O)C1CCCCCC1)C(=O)O. The minimum atomic E-state index is -2.39. The summed E-state index contributed by atoms with van der Waals surface area (Å²) in [6, 6.07) is 0. The van der Waals surface area contributed by atoms with Crippen molar-refractivity contribution in [3.8, 4) is 0 Å². The molecule has 1 aliphatic rings. The highest BCUT2D eigenvalue weighted by molar-refractivity contribution is 5.82. The third-order valence-electron chi connectivity index (χ3n) is 4.02. The van der Waals surface area contributed by atoms with Crippen LogP contribution < -0.4 is 5.32 Å². The van der Waals surface area contributed by atoms with E-state index >= 15 is 0 Å². The molecule has 0 saturated heterocycles. The van der Waals surface area contributed by atoms with E-state index < -0.39 is 24.1 Å². The lowest BCUT2D eigenvalue weighted by Crippen LogP contribution is -2.50. The van der Waals surface area contributed by atoms with Gasteiger partial charge in [0.15, 0.2) is 0 Å². The first-order chi connectivity index (χ1) is 8.88. The second-order valence-corrected chi connectivity index (χ2v) is 5.73. The van der Waals surface area contributed by atoms with Crippen molar-refractivity contribution in [2.24, 2.45) is 11.8 Å². The first kappa shape index (κ1) is 15.9. The summed E-state index contributed by atoms with van der Waals surface area (Å²) in [4.78, 5) is 23.0. The number of carbonyl (C=O) groups excluding carboxylic acids is 1. The number of halogens is 1. The van der Waals surface area contributed by atoms with Crippen LogP contribution in [0.1, 0.15) is 52.4 Å². The van der Waals surface area contributed by atoms with E-state index in [2.05, 4.69) is 5.32 Å². The highest BCUT2D eigenvalue weighted by atomic mass is 19.1. The summed E-state index contributed by atoms with van der Waals surface area (Å²) in [5.41, 5.74) is -2.39. The van der Waals surface area contributed by atoms with Gasteiger partial charge in [-0.2, -0.15) is 0 Å². The van der Waals surface area contributed by atoms with Crippen LogP contribution in [0.25, 0.3) is 0 Å². The van der Waals surface area contributed by atoms with Crippen molar-refractivity contribution in [1.82, 2.24) is 5.32 Å². The van der Waals surface area contributed by atoms with Gasteiger partial charge in [-0.3, -0.25) is 4.79 Å². The fourth-order valence-corrected chi connectivity index (χ4v) is 2.43.